The predicted octanol–water partition coefficient (Wildman–Crippen LogP) is 4.51. The van der Waals surface area contributed by atoms with Crippen molar-refractivity contribution < 1.29 is 17.6 Å². The number of sulfone groups is 1. The number of nitrogens with zero attached hydrogens (tertiary/aromatic N) is 1. The molecule has 0 aliphatic rings. The maximum absolute atomic E-state index is 12.6. The van der Waals surface area contributed by atoms with Gasteiger partial charge in [-0.1, -0.05) is 36.4 Å². The number of para-hydroxylation sites is 1. The molecule has 0 unspecified atom stereocenters. The Morgan fingerprint density at radius 3 is 2.48 bits per heavy atom. The van der Waals surface area contributed by atoms with E-state index in [0.717, 1.165) is 11.3 Å². The highest BCUT2D eigenvalue weighted by Gasteiger charge is 2.21. The first-order valence-electron chi connectivity index (χ1n) is 8.20. The van der Waals surface area contributed by atoms with Crippen molar-refractivity contribution in [2.24, 2.45) is 0 Å². The van der Waals surface area contributed by atoms with Crippen LogP contribution in [0.4, 0.5) is 0 Å². The second kappa shape index (κ2) is 7.94. The normalized spacial score (nSPS) is 11.8. The van der Waals surface area contributed by atoms with E-state index in [2.05, 4.69) is 0 Å². The Morgan fingerprint density at radius 1 is 1.07 bits per heavy atom. The second-order valence-corrected chi connectivity index (χ2v) is 7.71. The number of hydrogen-bond donors (Lipinski definition) is 0. The van der Waals surface area contributed by atoms with Crippen LogP contribution < -0.4 is 4.74 Å². The van der Waals surface area contributed by atoms with E-state index in [1.165, 1.54) is 18.2 Å². The maximum Gasteiger partial charge on any atom is 0.216 e. The van der Waals surface area contributed by atoms with Gasteiger partial charge in [0.2, 0.25) is 9.84 Å². The number of allylic oxidation sites excluding steroid dienone is 1. The van der Waals surface area contributed by atoms with Crippen molar-refractivity contribution in [1.29, 1.82) is 5.26 Å². The molecule has 6 heteroatoms. The Hall–Kier alpha value is -3.30. The number of furan rings is 1. The van der Waals surface area contributed by atoms with Crippen molar-refractivity contribution in [3.05, 3.63) is 88.7 Å². The smallest absolute Gasteiger partial charge is 0.216 e. The van der Waals surface area contributed by atoms with Gasteiger partial charge in [-0.05, 0) is 42.8 Å². The first-order chi connectivity index (χ1) is 13.0. The largest absolute Gasteiger partial charge is 0.485 e. The van der Waals surface area contributed by atoms with Gasteiger partial charge >= 0.3 is 0 Å². The van der Waals surface area contributed by atoms with Gasteiger partial charge in [0.05, 0.1) is 4.90 Å². The number of benzene rings is 2. The van der Waals surface area contributed by atoms with Crippen LogP contribution in [0.2, 0.25) is 0 Å². The molecule has 3 rings (SSSR count). The fourth-order valence-corrected chi connectivity index (χ4v) is 3.60. The van der Waals surface area contributed by atoms with E-state index < -0.39 is 9.84 Å². The first-order valence-corrected chi connectivity index (χ1v) is 9.68. The lowest BCUT2D eigenvalue weighted by Crippen LogP contribution is -2.03. The summed E-state index contributed by atoms with van der Waals surface area (Å²) in [5, 5.41) is 9.31. The van der Waals surface area contributed by atoms with Gasteiger partial charge in [0.25, 0.3) is 0 Å². The number of rotatable bonds is 6. The molecule has 0 radical (unpaired) electrons. The second-order valence-electron chi connectivity index (χ2n) is 5.80. The predicted molar refractivity (Wildman–Crippen MR) is 101 cm³/mol. The fraction of sp³-hybridized carbons (Fsp3) is 0.0952. The van der Waals surface area contributed by atoms with Crippen LogP contribution in [0.5, 0.6) is 5.75 Å². The summed E-state index contributed by atoms with van der Waals surface area (Å²) >= 11 is 0. The molecule has 0 saturated heterocycles. The van der Waals surface area contributed by atoms with Crippen molar-refractivity contribution in [1.82, 2.24) is 0 Å². The molecule has 1 heterocycles. The van der Waals surface area contributed by atoms with E-state index in [9.17, 15) is 13.7 Å². The Bertz CT molecular complexity index is 1110. The third-order valence-electron chi connectivity index (χ3n) is 3.87. The van der Waals surface area contributed by atoms with Gasteiger partial charge in [-0.25, -0.2) is 8.42 Å². The van der Waals surface area contributed by atoms with Crippen molar-refractivity contribution >= 4 is 15.9 Å². The van der Waals surface area contributed by atoms with E-state index in [0.29, 0.717) is 5.76 Å². The highest BCUT2D eigenvalue weighted by Crippen LogP contribution is 2.23. The summed E-state index contributed by atoms with van der Waals surface area (Å²) in [5.74, 6) is 1.55. The number of ether oxygens (including phenoxy) is 1. The number of nitriles is 1. The molecule has 27 heavy (non-hydrogen) atoms. The molecular weight excluding hydrogens is 362 g/mol. The third-order valence-corrected chi connectivity index (χ3v) is 5.55. The van der Waals surface area contributed by atoms with Gasteiger partial charge in [0.15, 0.2) is 4.91 Å². The van der Waals surface area contributed by atoms with E-state index in [-0.39, 0.29) is 22.2 Å². The van der Waals surface area contributed by atoms with E-state index in [1.54, 1.807) is 36.4 Å². The van der Waals surface area contributed by atoms with Gasteiger partial charge in [0, 0.05) is 6.08 Å². The van der Waals surface area contributed by atoms with Crippen molar-refractivity contribution in [3.8, 4) is 11.8 Å². The van der Waals surface area contributed by atoms with Crippen molar-refractivity contribution in [2.75, 3.05) is 0 Å². The summed E-state index contributed by atoms with van der Waals surface area (Å²) in [6.07, 6.45) is 1.22. The number of aryl methyl sites for hydroxylation is 1. The van der Waals surface area contributed by atoms with Crippen molar-refractivity contribution in [3.63, 3.8) is 0 Å². The Balaban J connectivity index is 1.79. The zero-order chi connectivity index (χ0) is 19.3. The summed E-state index contributed by atoms with van der Waals surface area (Å²) in [5.41, 5.74) is 1.00. The third kappa shape index (κ3) is 4.27. The summed E-state index contributed by atoms with van der Waals surface area (Å²) in [6.45, 7) is 2.14. The van der Waals surface area contributed by atoms with E-state index >= 15 is 0 Å². The molecule has 0 saturated carbocycles. The molecule has 0 fully saturated rings. The average Bonchev–Trinajstić information content (AvgIpc) is 3.13. The molecule has 0 N–H and O–H groups in total. The molecule has 1 aromatic heterocycles. The summed E-state index contributed by atoms with van der Waals surface area (Å²) in [4.78, 5) is -0.318. The molecule has 0 bridgehead atoms. The van der Waals surface area contributed by atoms with Crippen LogP contribution in [-0.2, 0) is 16.4 Å². The van der Waals surface area contributed by atoms with Crippen LogP contribution in [0.3, 0.4) is 0 Å². The SMILES string of the molecule is Cc1ccccc1OCc1ccc(/C=C(\C#N)S(=O)(=O)c2ccccc2)o1. The Kier molecular flexibility index (Phi) is 5.43. The zero-order valence-electron chi connectivity index (χ0n) is 14.6. The van der Waals surface area contributed by atoms with Crippen LogP contribution in [0.15, 0.2) is 80.9 Å². The lowest BCUT2D eigenvalue weighted by Gasteiger charge is -2.06. The maximum atomic E-state index is 12.6. The molecule has 136 valence electrons. The van der Waals surface area contributed by atoms with Crippen LogP contribution in [0, 0.1) is 18.3 Å². The molecule has 0 amide bonds. The molecule has 0 spiro atoms. The van der Waals surface area contributed by atoms with E-state index in [1.807, 2.05) is 31.2 Å². The van der Waals surface area contributed by atoms with Crippen LogP contribution >= 0.6 is 0 Å². The molecule has 0 atom stereocenters. The fourth-order valence-electron chi connectivity index (χ4n) is 2.44. The summed E-state index contributed by atoms with van der Waals surface area (Å²) < 4.78 is 36.4. The van der Waals surface area contributed by atoms with Gasteiger partial charge in [0.1, 0.15) is 29.9 Å². The Morgan fingerprint density at radius 2 is 1.78 bits per heavy atom. The molecule has 0 aliphatic heterocycles. The standard InChI is InChI=1S/C21H17NO4S/c1-16-7-5-6-10-21(16)25-15-18-12-11-17(26-18)13-20(14-22)27(23,24)19-8-3-2-4-9-19/h2-13H,15H2,1H3/b20-13+. The molecule has 2 aromatic carbocycles. The molecule has 3 aromatic rings. The highest BCUT2D eigenvalue weighted by molar-refractivity contribution is 7.95. The average molecular weight is 379 g/mol. The van der Waals surface area contributed by atoms with Crippen LogP contribution in [0.1, 0.15) is 17.1 Å². The monoisotopic (exact) mass is 379 g/mol. The van der Waals surface area contributed by atoms with Crippen LogP contribution in [-0.4, -0.2) is 8.42 Å². The minimum atomic E-state index is -3.89. The minimum Gasteiger partial charge on any atom is -0.485 e. The quantitative estimate of drug-likeness (QED) is 0.589. The van der Waals surface area contributed by atoms with Gasteiger partial charge in [-0.15, -0.1) is 0 Å². The van der Waals surface area contributed by atoms with Crippen LogP contribution in [0.25, 0.3) is 6.08 Å². The topological polar surface area (TPSA) is 80.3 Å². The van der Waals surface area contributed by atoms with Crippen molar-refractivity contribution in [2.45, 2.75) is 18.4 Å². The Labute approximate surface area is 158 Å². The molecule has 0 aliphatic carbocycles. The summed E-state index contributed by atoms with van der Waals surface area (Å²) in [7, 11) is -3.89. The molecule has 5 nitrogen and oxygen atoms in total. The summed E-state index contributed by atoms with van der Waals surface area (Å²) in [6, 6.07) is 20.5. The number of hydrogen-bond acceptors (Lipinski definition) is 5. The molecular formula is C21H17NO4S. The van der Waals surface area contributed by atoms with Gasteiger partial charge in [-0.3, -0.25) is 0 Å². The highest BCUT2D eigenvalue weighted by atomic mass is 32.2. The first kappa shape index (κ1) is 18.5. The zero-order valence-corrected chi connectivity index (χ0v) is 15.4. The minimum absolute atomic E-state index is 0.0625. The van der Waals surface area contributed by atoms with E-state index in [4.69, 9.17) is 9.15 Å². The van der Waals surface area contributed by atoms with Gasteiger partial charge in [-0.2, -0.15) is 5.26 Å². The lowest BCUT2D eigenvalue weighted by atomic mass is 10.2. The lowest BCUT2D eigenvalue weighted by molar-refractivity contribution is 0.268. The van der Waals surface area contributed by atoms with Gasteiger partial charge < -0.3 is 9.15 Å².